The molecule has 0 saturated carbocycles. The summed E-state index contributed by atoms with van der Waals surface area (Å²) in [7, 11) is -6.86. The summed E-state index contributed by atoms with van der Waals surface area (Å²) in [6.07, 6.45) is 1.23. The van der Waals surface area contributed by atoms with Gasteiger partial charge in [-0.1, -0.05) is 12.1 Å². The summed E-state index contributed by atoms with van der Waals surface area (Å²) in [6.45, 7) is -0.115. The molecule has 1 aromatic rings. The van der Waals surface area contributed by atoms with Crippen molar-refractivity contribution in [3.8, 4) is 0 Å². The molecule has 24 heavy (non-hydrogen) atoms. The number of hydrogen-bond donors (Lipinski definition) is 1. The van der Waals surface area contributed by atoms with E-state index in [0.717, 1.165) is 16.6 Å². The van der Waals surface area contributed by atoms with Crippen LogP contribution in [0.1, 0.15) is 16.8 Å². The molecule has 1 aliphatic rings. The fraction of sp³-hybridized carbons (Fsp3) is 0.500. The van der Waals surface area contributed by atoms with Gasteiger partial charge in [0.2, 0.25) is 10.0 Å². The van der Waals surface area contributed by atoms with Gasteiger partial charge in [-0.2, -0.15) is 4.31 Å². The van der Waals surface area contributed by atoms with Gasteiger partial charge in [0.05, 0.1) is 23.3 Å². The van der Waals surface area contributed by atoms with Crippen LogP contribution in [0.5, 0.6) is 0 Å². The zero-order valence-corrected chi connectivity index (χ0v) is 14.7. The Bertz CT molecular complexity index is 823. The lowest BCUT2D eigenvalue weighted by Gasteiger charge is -2.25. The van der Waals surface area contributed by atoms with E-state index in [1.807, 2.05) is 0 Å². The SMILES string of the molecule is CS(=O)(=O)N(CCNC(=O)c1ccccc1F)C1CCS(=O)(=O)C1. The van der Waals surface area contributed by atoms with E-state index >= 15 is 0 Å². The number of rotatable bonds is 6. The molecule has 1 unspecified atom stereocenters. The third-order valence-electron chi connectivity index (χ3n) is 3.78. The molecule has 134 valence electrons. The average molecular weight is 378 g/mol. The van der Waals surface area contributed by atoms with Crippen LogP contribution in [0, 0.1) is 5.82 Å². The van der Waals surface area contributed by atoms with E-state index in [-0.39, 0.29) is 36.6 Å². The molecule has 1 fully saturated rings. The Labute approximate surface area is 140 Å². The van der Waals surface area contributed by atoms with Crippen molar-refractivity contribution in [3.05, 3.63) is 35.6 Å². The highest BCUT2D eigenvalue weighted by molar-refractivity contribution is 7.92. The molecule has 1 heterocycles. The first-order valence-corrected chi connectivity index (χ1v) is 11.0. The first-order chi connectivity index (χ1) is 11.1. The third kappa shape index (κ3) is 4.74. The Morgan fingerprint density at radius 3 is 2.58 bits per heavy atom. The van der Waals surface area contributed by atoms with E-state index in [1.54, 1.807) is 0 Å². The van der Waals surface area contributed by atoms with Gasteiger partial charge < -0.3 is 5.32 Å². The van der Waals surface area contributed by atoms with E-state index in [0.29, 0.717) is 0 Å². The lowest BCUT2D eigenvalue weighted by atomic mass is 10.2. The first kappa shape index (κ1) is 18.8. The van der Waals surface area contributed by atoms with Crippen molar-refractivity contribution in [1.29, 1.82) is 0 Å². The van der Waals surface area contributed by atoms with Crippen LogP contribution < -0.4 is 5.32 Å². The standard InChI is InChI=1S/C14H19FN2O5S2/c1-23(19,20)17(11-6-9-24(21,22)10-11)8-7-16-14(18)12-4-2-3-5-13(12)15/h2-5,11H,6-10H2,1H3,(H,16,18). The molecule has 0 spiro atoms. The third-order valence-corrected chi connectivity index (χ3v) is 6.86. The van der Waals surface area contributed by atoms with Crippen LogP contribution in [0.3, 0.4) is 0 Å². The molecule has 10 heteroatoms. The van der Waals surface area contributed by atoms with Gasteiger partial charge in [-0.15, -0.1) is 0 Å². The van der Waals surface area contributed by atoms with E-state index in [1.165, 1.54) is 18.2 Å². The lowest BCUT2D eigenvalue weighted by Crippen LogP contribution is -2.44. The van der Waals surface area contributed by atoms with E-state index in [4.69, 9.17) is 0 Å². The number of sulfonamides is 1. The van der Waals surface area contributed by atoms with Crippen LogP contribution in [-0.2, 0) is 19.9 Å². The smallest absolute Gasteiger partial charge is 0.254 e. The zero-order valence-electron chi connectivity index (χ0n) is 13.1. The molecule has 1 amide bonds. The van der Waals surface area contributed by atoms with E-state index in [9.17, 15) is 26.0 Å². The van der Waals surface area contributed by atoms with Gasteiger partial charge in [0.15, 0.2) is 9.84 Å². The van der Waals surface area contributed by atoms with Crippen LogP contribution in [0.2, 0.25) is 0 Å². The normalized spacial score (nSPS) is 20.2. The van der Waals surface area contributed by atoms with Gasteiger partial charge in [0.25, 0.3) is 5.91 Å². The van der Waals surface area contributed by atoms with Gasteiger partial charge in [-0.3, -0.25) is 4.79 Å². The quantitative estimate of drug-likeness (QED) is 0.751. The van der Waals surface area contributed by atoms with Crippen molar-refractivity contribution in [2.75, 3.05) is 30.9 Å². The molecule has 1 aliphatic heterocycles. The van der Waals surface area contributed by atoms with Crippen molar-refractivity contribution < 1.29 is 26.0 Å². The number of carbonyl (C=O) groups is 1. The molecule has 1 N–H and O–H groups in total. The van der Waals surface area contributed by atoms with Crippen LogP contribution in [0.15, 0.2) is 24.3 Å². The highest BCUT2D eigenvalue weighted by Gasteiger charge is 2.36. The molecule has 7 nitrogen and oxygen atoms in total. The fourth-order valence-corrected chi connectivity index (χ4v) is 5.61. The Balaban J connectivity index is 1.99. The van der Waals surface area contributed by atoms with E-state index in [2.05, 4.69) is 5.32 Å². The Morgan fingerprint density at radius 1 is 1.38 bits per heavy atom. The van der Waals surface area contributed by atoms with Gasteiger partial charge in [0.1, 0.15) is 5.82 Å². The highest BCUT2D eigenvalue weighted by Crippen LogP contribution is 2.19. The minimum atomic E-state index is -3.63. The predicted molar refractivity (Wildman–Crippen MR) is 87.3 cm³/mol. The molecular weight excluding hydrogens is 359 g/mol. The van der Waals surface area contributed by atoms with Gasteiger partial charge in [0, 0.05) is 19.1 Å². The minimum Gasteiger partial charge on any atom is -0.351 e. The molecule has 0 aliphatic carbocycles. The molecule has 1 saturated heterocycles. The Morgan fingerprint density at radius 2 is 2.04 bits per heavy atom. The number of nitrogens with one attached hydrogen (secondary N) is 1. The molecule has 1 aromatic carbocycles. The minimum absolute atomic E-state index is 0.0449. The summed E-state index contributed by atoms with van der Waals surface area (Å²) < 4.78 is 61.5. The maximum Gasteiger partial charge on any atom is 0.254 e. The second-order valence-corrected chi connectivity index (χ2v) is 9.83. The van der Waals surface area contributed by atoms with E-state index < -0.39 is 37.6 Å². The van der Waals surface area contributed by atoms with Gasteiger partial charge in [-0.25, -0.2) is 21.2 Å². The van der Waals surface area contributed by atoms with Crippen LogP contribution in [-0.4, -0.2) is 63.9 Å². The highest BCUT2D eigenvalue weighted by atomic mass is 32.2. The average Bonchev–Trinajstić information content (AvgIpc) is 2.82. The van der Waals surface area contributed by atoms with Crippen molar-refractivity contribution in [1.82, 2.24) is 9.62 Å². The number of sulfone groups is 1. The molecule has 0 aromatic heterocycles. The van der Waals surface area contributed by atoms with Crippen molar-refractivity contribution in [3.63, 3.8) is 0 Å². The molecule has 2 rings (SSSR count). The summed E-state index contributed by atoms with van der Waals surface area (Å²) in [4.78, 5) is 11.9. The monoisotopic (exact) mass is 378 g/mol. The second-order valence-electron chi connectivity index (χ2n) is 5.67. The largest absolute Gasteiger partial charge is 0.351 e. The fourth-order valence-electron chi connectivity index (χ4n) is 2.64. The van der Waals surface area contributed by atoms with Gasteiger partial charge >= 0.3 is 0 Å². The van der Waals surface area contributed by atoms with Crippen molar-refractivity contribution in [2.45, 2.75) is 12.5 Å². The maximum atomic E-state index is 13.5. The van der Waals surface area contributed by atoms with Crippen molar-refractivity contribution >= 4 is 25.8 Å². The van der Waals surface area contributed by atoms with Crippen LogP contribution in [0.4, 0.5) is 4.39 Å². The maximum absolute atomic E-state index is 13.5. The zero-order chi connectivity index (χ0) is 18.0. The Kier molecular flexibility index (Phi) is 5.61. The predicted octanol–water partition coefficient (Wildman–Crippen LogP) is 0.00420. The lowest BCUT2D eigenvalue weighted by molar-refractivity contribution is 0.0946. The number of hydrogen-bond acceptors (Lipinski definition) is 5. The number of benzene rings is 1. The Hall–Kier alpha value is -1.52. The summed E-state index contributed by atoms with van der Waals surface area (Å²) in [5.74, 6) is -1.59. The van der Waals surface area contributed by atoms with Crippen LogP contribution in [0.25, 0.3) is 0 Å². The van der Waals surface area contributed by atoms with Crippen LogP contribution >= 0.6 is 0 Å². The molecule has 1 atom stereocenters. The second kappa shape index (κ2) is 7.16. The summed E-state index contributed by atoms with van der Waals surface area (Å²) in [6, 6.07) is 4.82. The number of halogens is 1. The molecular formula is C14H19FN2O5S2. The number of nitrogens with zero attached hydrogens (tertiary/aromatic N) is 1. The van der Waals surface area contributed by atoms with Crippen molar-refractivity contribution in [2.24, 2.45) is 0 Å². The topological polar surface area (TPSA) is 101 Å². The first-order valence-electron chi connectivity index (χ1n) is 7.30. The summed E-state index contributed by atoms with van der Waals surface area (Å²) in [5, 5.41) is 2.45. The molecule has 0 radical (unpaired) electrons. The number of carbonyl (C=O) groups excluding carboxylic acids is 1. The summed E-state index contributed by atoms with van der Waals surface area (Å²) in [5.41, 5.74) is -0.133. The summed E-state index contributed by atoms with van der Waals surface area (Å²) >= 11 is 0. The number of amides is 1. The van der Waals surface area contributed by atoms with Gasteiger partial charge in [-0.05, 0) is 18.6 Å². The molecule has 0 bridgehead atoms.